The molecule has 0 radical (unpaired) electrons. The van der Waals surface area contributed by atoms with Gasteiger partial charge in [-0.2, -0.15) is 0 Å². The molecule has 5 heteroatoms. The second kappa shape index (κ2) is 4.66. The molecule has 12 heavy (non-hydrogen) atoms. The average Bonchev–Trinajstić information content (AvgIpc) is 1.84. The van der Waals surface area contributed by atoms with Crippen LogP contribution in [0.5, 0.6) is 0 Å². The zero-order valence-corrected chi connectivity index (χ0v) is 20.2. The molecular formula is C7H12O3Rf2-2. The van der Waals surface area contributed by atoms with Crippen LogP contribution in [0, 0.1) is 19.6 Å². The van der Waals surface area contributed by atoms with Gasteiger partial charge in [-0.25, -0.2) is 14.2 Å². The molecule has 0 aliphatic carbocycles. The zero-order chi connectivity index (χ0) is 7.45. The minimum atomic E-state index is 0. The van der Waals surface area contributed by atoms with Gasteiger partial charge in [-0.3, -0.25) is 0 Å². The monoisotopic (exact) mass is 678 g/mol. The molecule has 1 saturated heterocycles. The van der Waals surface area contributed by atoms with E-state index in [9.17, 15) is 0 Å². The molecule has 0 aromatic carbocycles. The Morgan fingerprint density at radius 2 is 1.50 bits per heavy atom. The maximum atomic E-state index is 5.03. The first-order chi connectivity index (χ1) is 4.83. The molecular weight excluding hydrogens is 666 g/mol. The molecule has 0 bridgehead atoms. The summed E-state index contributed by atoms with van der Waals surface area (Å²) in [6.45, 7) is 2.56. The molecule has 1 aliphatic heterocycles. The largest absolute Gasteiger partial charge is 0.554 e. The summed E-state index contributed by atoms with van der Waals surface area (Å²) in [6, 6.07) is 0. The Hall–Kier alpha value is -2.12. The normalized spacial score (nSPS) is 18.5. The molecule has 0 aromatic heterocycles. The van der Waals surface area contributed by atoms with E-state index >= 15 is 0 Å². The smallest absolute Gasteiger partial charge is 0.0587 e. The van der Waals surface area contributed by atoms with E-state index in [0.29, 0.717) is 26.4 Å². The summed E-state index contributed by atoms with van der Waals surface area (Å²) in [5, 5.41) is 0. The molecule has 3 nitrogen and oxygen atoms in total. The number of hydrogen-bond donors (Lipinski definition) is 0. The quantitative estimate of drug-likeness (QED) is 0.409. The Kier molecular flexibility index (Phi) is 4.87. The van der Waals surface area contributed by atoms with Gasteiger partial charge in [0.1, 0.15) is 0 Å². The molecule has 1 heterocycles. The first kappa shape index (κ1) is 12.5. The predicted molar refractivity (Wildman–Crippen MR) is 35.9 cm³/mol. The second-order valence-corrected chi connectivity index (χ2v) is 2.69. The maximum Gasteiger partial charge on any atom is 0.0587 e. The van der Waals surface area contributed by atoms with Gasteiger partial charge in [0, 0.05) is 13.2 Å². The van der Waals surface area contributed by atoms with Crippen molar-refractivity contribution in [1.82, 2.24) is 0 Å². The summed E-state index contributed by atoms with van der Waals surface area (Å²) in [5.74, 6) is 0. The predicted octanol–water partition coefficient (Wildman–Crippen LogP) is 0.619. The molecule has 0 atom stereocenters. The second-order valence-electron chi connectivity index (χ2n) is 2.69. The standard InChI is InChI=1S/C7H12O3.2Rf/c1-8-3-7(4-9-2)5-10-6-7;;/h1-6H2;;/q-2;;. The van der Waals surface area contributed by atoms with E-state index in [1.165, 1.54) is 0 Å². The number of hydrogen-bond acceptors (Lipinski definition) is 3. The molecule has 0 spiro atoms. The Morgan fingerprint density at radius 3 is 1.67 bits per heavy atom. The fourth-order valence-corrected chi connectivity index (χ4v) is 1.03. The third-order valence-corrected chi connectivity index (χ3v) is 1.63. The summed E-state index contributed by atoms with van der Waals surface area (Å²) in [4.78, 5) is 0. The van der Waals surface area contributed by atoms with Gasteiger partial charge < -0.3 is 14.2 Å². The summed E-state index contributed by atoms with van der Waals surface area (Å²) in [7, 11) is 6.61. The molecule has 0 amide bonds. The van der Waals surface area contributed by atoms with Crippen molar-refractivity contribution in [2.45, 2.75) is 0 Å². The zero-order valence-electron chi connectivity index (χ0n) is 7.38. The minimum absolute atomic E-state index is 0. The Labute approximate surface area is 61.3 Å². The summed E-state index contributed by atoms with van der Waals surface area (Å²) < 4.78 is 14.6. The van der Waals surface area contributed by atoms with Crippen LogP contribution < -0.4 is 0 Å². The molecule has 0 N–H and O–H groups in total. The molecule has 1 fully saturated rings. The molecule has 1 rings (SSSR count). The third-order valence-electron chi connectivity index (χ3n) is 1.63. The van der Waals surface area contributed by atoms with Crippen LogP contribution in [0.3, 0.4) is 0 Å². The SMILES string of the molecule is [CH2-]OCC1(CO[CH2-])COC1.[Rf].[Rf]. The Balaban J connectivity index is 0. The van der Waals surface area contributed by atoms with Crippen LogP contribution in [0.2, 0.25) is 0 Å². The van der Waals surface area contributed by atoms with Crippen LogP contribution >= 0.6 is 0 Å². The van der Waals surface area contributed by atoms with Gasteiger partial charge in [0.15, 0.2) is 0 Å². The van der Waals surface area contributed by atoms with E-state index in [2.05, 4.69) is 14.2 Å². The first-order valence-electron chi connectivity index (χ1n) is 3.15. The third kappa shape index (κ3) is 1.94. The minimum Gasteiger partial charge on any atom is -0.554 e. The van der Waals surface area contributed by atoms with Crippen LogP contribution in [0.4, 0.5) is 0 Å². The van der Waals surface area contributed by atoms with Crippen LogP contribution in [-0.2, 0) is 14.2 Å². The van der Waals surface area contributed by atoms with E-state index in [0.717, 1.165) is 0 Å². The van der Waals surface area contributed by atoms with Crippen molar-refractivity contribution in [2.75, 3.05) is 26.4 Å². The molecule has 0 aromatic rings. The molecule has 0 saturated carbocycles. The van der Waals surface area contributed by atoms with Gasteiger partial charge in [0.05, 0.1) is 18.6 Å². The van der Waals surface area contributed by atoms with Gasteiger partial charge in [-0.05, 0) is 0 Å². The Morgan fingerprint density at radius 1 is 1.08 bits per heavy atom. The van der Waals surface area contributed by atoms with Crippen LogP contribution in [-0.4, -0.2) is 26.4 Å². The molecule has 1 aliphatic rings. The average molecular weight is 678 g/mol. The van der Waals surface area contributed by atoms with Crippen molar-refractivity contribution in [3.8, 4) is 0 Å². The Bertz CT molecular complexity index is 98.8. The number of ether oxygens (including phenoxy) is 3. The molecule has 0 unspecified atom stereocenters. The van der Waals surface area contributed by atoms with E-state index < -0.39 is 0 Å². The summed E-state index contributed by atoms with van der Waals surface area (Å²) in [5.41, 5.74) is 0.0312. The number of rotatable bonds is 4. The van der Waals surface area contributed by atoms with Crippen molar-refractivity contribution >= 4 is 0 Å². The van der Waals surface area contributed by atoms with E-state index in [1.807, 2.05) is 0 Å². The van der Waals surface area contributed by atoms with E-state index in [4.69, 9.17) is 14.2 Å². The fourth-order valence-electron chi connectivity index (χ4n) is 1.03. The van der Waals surface area contributed by atoms with E-state index in [-0.39, 0.29) is 5.41 Å². The van der Waals surface area contributed by atoms with Gasteiger partial charge in [0.2, 0.25) is 0 Å². The summed E-state index contributed by atoms with van der Waals surface area (Å²) in [6.07, 6.45) is 0. The van der Waals surface area contributed by atoms with Crippen LogP contribution in [0.15, 0.2) is 0 Å². The molecule has 64 valence electrons. The first-order valence-corrected chi connectivity index (χ1v) is 3.15. The van der Waals surface area contributed by atoms with Crippen molar-refractivity contribution in [2.24, 2.45) is 5.41 Å². The van der Waals surface area contributed by atoms with Gasteiger partial charge in [-0.1, -0.05) is 0 Å². The summed E-state index contributed by atoms with van der Waals surface area (Å²) >= 11 is 0. The van der Waals surface area contributed by atoms with Crippen molar-refractivity contribution in [1.29, 1.82) is 0 Å². The van der Waals surface area contributed by atoms with Crippen molar-refractivity contribution in [3.63, 3.8) is 0 Å². The van der Waals surface area contributed by atoms with Gasteiger partial charge in [0.25, 0.3) is 0 Å². The fraction of sp³-hybridized carbons (Fsp3) is 0.714. The van der Waals surface area contributed by atoms with E-state index in [1.54, 1.807) is 0 Å². The van der Waals surface area contributed by atoms with Gasteiger partial charge in [-0.15, -0.1) is 0 Å². The maximum absolute atomic E-state index is 5.03. The van der Waals surface area contributed by atoms with Crippen LogP contribution in [0.1, 0.15) is 0 Å². The van der Waals surface area contributed by atoms with Crippen molar-refractivity contribution in [3.05, 3.63) is 14.2 Å². The van der Waals surface area contributed by atoms with Crippen molar-refractivity contribution < 1.29 is 14.2 Å². The topological polar surface area (TPSA) is 27.7 Å². The van der Waals surface area contributed by atoms with Crippen LogP contribution in [0.25, 0.3) is 0 Å². The van der Waals surface area contributed by atoms with Gasteiger partial charge >= 0.3 is 0 Å².